The highest BCUT2D eigenvalue weighted by atomic mass is 79.9. The molecule has 0 N–H and O–H groups in total. The molecular formula is C12H12BrNO3. The Morgan fingerprint density at radius 3 is 2.18 bits per heavy atom. The smallest absolute Gasteiger partial charge is 0.266 e. The van der Waals surface area contributed by atoms with Gasteiger partial charge in [-0.05, 0) is 25.0 Å². The van der Waals surface area contributed by atoms with Crippen LogP contribution in [0.4, 0.5) is 0 Å². The third kappa shape index (κ3) is 2.40. The number of hydrogen-bond acceptors (Lipinski definition) is 3. The Morgan fingerprint density at radius 2 is 1.65 bits per heavy atom. The van der Waals surface area contributed by atoms with E-state index in [2.05, 4.69) is 15.9 Å². The van der Waals surface area contributed by atoms with Gasteiger partial charge in [-0.25, -0.2) is 0 Å². The Morgan fingerprint density at radius 1 is 1.06 bits per heavy atom. The maximum absolute atomic E-state index is 11.8. The number of imide groups is 1. The van der Waals surface area contributed by atoms with Crippen molar-refractivity contribution in [3.63, 3.8) is 0 Å². The molecule has 2 rings (SSSR count). The van der Waals surface area contributed by atoms with E-state index in [0.717, 1.165) is 23.2 Å². The van der Waals surface area contributed by atoms with E-state index in [-0.39, 0.29) is 11.8 Å². The van der Waals surface area contributed by atoms with Crippen LogP contribution in [0.5, 0.6) is 0 Å². The van der Waals surface area contributed by atoms with Crippen molar-refractivity contribution in [2.24, 2.45) is 0 Å². The van der Waals surface area contributed by atoms with Gasteiger partial charge in [-0.1, -0.05) is 28.1 Å². The lowest BCUT2D eigenvalue weighted by Gasteiger charge is -2.12. The summed E-state index contributed by atoms with van der Waals surface area (Å²) < 4.78 is 0. The first kappa shape index (κ1) is 12.3. The fourth-order valence-corrected chi connectivity index (χ4v) is 2.03. The lowest BCUT2D eigenvalue weighted by Crippen LogP contribution is -2.30. The van der Waals surface area contributed by atoms with E-state index in [1.54, 1.807) is 24.3 Å². The van der Waals surface area contributed by atoms with Gasteiger partial charge in [0.25, 0.3) is 11.8 Å². The molecule has 0 atom stereocenters. The predicted molar refractivity (Wildman–Crippen MR) is 65.9 cm³/mol. The van der Waals surface area contributed by atoms with Crippen LogP contribution in [0.1, 0.15) is 33.6 Å². The molecule has 1 aromatic carbocycles. The monoisotopic (exact) mass is 297 g/mol. The molecule has 0 bridgehead atoms. The van der Waals surface area contributed by atoms with Crippen LogP contribution in [0.3, 0.4) is 0 Å². The fourth-order valence-electron chi connectivity index (χ4n) is 1.64. The minimum absolute atomic E-state index is 0.371. The van der Waals surface area contributed by atoms with E-state index in [9.17, 15) is 9.59 Å². The van der Waals surface area contributed by atoms with E-state index >= 15 is 0 Å². The minimum Gasteiger partial charge on any atom is -0.266 e. The standard InChI is InChI=1S/C12H12BrNO3/c13-7-3-4-8-17-14-11(15)9-5-1-2-6-10(9)12(14)16/h1-2,5-6H,3-4,7-8H2. The van der Waals surface area contributed by atoms with Gasteiger partial charge in [0.15, 0.2) is 0 Å². The lowest BCUT2D eigenvalue weighted by molar-refractivity contribution is -0.0919. The number of hydrogen-bond donors (Lipinski definition) is 0. The van der Waals surface area contributed by atoms with Crippen molar-refractivity contribution in [1.29, 1.82) is 0 Å². The van der Waals surface area contributed by atoms with E-state index in [1.165, 1.54) is 0 Å². The van der Waals surface area contributed by atoms with E-state index in [0.29, 0.717) is 17.7 Å². The second kappa shape index (κ2) is 5.42. The first-order chi connectivity index (χ1) is 8.25. The third-order valence-electron chi connectivity index (χ3n) is 2.51. The number of nitrogens with zero attached hydrogens (tertiary/aromatic N) is 1. The highest BCUT2D eigenvalue weighted by molar-refractivity contribution is 9.09. The summed E-state index contributed by atoms with van der Waals surface area (Å²) in [5, 5.41) is 1.75. The molecule has 2 amide bonds. The average molecular weight is 298 g/mol. The van der Waals surface area contributed by atoms with Crippen molar-refractivity contribution >= 4 is 27.7 Å². The van der Waals surface area contributed by atoms with Gasteiger partial charge in [0.2, 0.25) is 0 Å². The van der Waals surface area contributed by atoms with Crippen LogP contribution in [-0.2, 0) is 4.84 Å². The molecule has 1 heterocycles. The van der Waals surface area contributed by atoms with Gasteiger partial charge in [-0.15, -0.1) is 5.06 Å². The van der Waals surface area contributed by atoms with Crippen molar-refractivity contribution in [1.82, 2.24) is 5.06 Å². The van der Waals surface area contributed by atoms with Gasteiger partial charge in [0, 0.05) is 5.33 Å². The molecule has 0 unspecified atom stereocenters. The van der Waals surface area contributed by atoms with Gasteiger partial charge in [-0.2, -0.15) is 0 Å². The molecule has 17 heavy (non-hydrogen) atoms. The maximum atomic E-state index is 11.8. The highest BCUT2D eigenvalue weighted by Crippen LogP contribution is 2.22. The van der Waals surface area contributed by atoms with Crippen LogP contribution < -0.4 is 0 Å². The Labute approximate surface area is 108 Å². The summed E-state index contributed by atoms with van der Waals surface area (Å²) in [6, 6.07) is 6.74. The van der Waals surface area contributed by atoms with Crippen LogP contribution in [0.15, 0.2) is 24.3 Å². The molecule has 1 aliphatic rings. The van der Waals surface area contributed by atoms with Crippen LogP contribution in [-0.4, -0.2) is 28.8 Å². The van der Waals surface area contributed by atoms with Crippen molar-refractivity contribution in [3.05, 3.63) is 35.4 Å². The summed E-state index contributed by atoms with van der Waals surface area (Å²) in [5.41, 5.74) is 0.830. The number of benzene rings is 1. The molecule has 0 spiro atoms. The molecule has 1 aromatic rings. The number of carbonyl (C=O) groups is 2. The predicted octanol–water partition coefficient (Wildman–Crippen LogP) is 2.39. The number of rotatable bonds is 5. The van der Waals surface area contributed by atoms with Crippen LogP contribution in [0.2, 0.25) is 0 Å². The SMILES string of the molecule is O=C1c2ccccc2C(=O)N1OCCCCBr. The van der Waals surface area contributed by atoms with Crippen LogP contribution in [0.25, 0.3) is 0 Å². The number of carbonyl (C=O) groups excluding carboxylic acids is 2. The summed E-state index contributed by atoms with van der Waals surface area (Å²) in [7, 11) is 0. The molecule has 90 valence electrons. The van der Waals surface area contributed by atoms with Gasteiger partial charge in [0.05, 0.1) is 17.7 Å². The summed E-state index contributed by atoms with van der Waals surface area (Å²) in [5.74, 6) is -0.742. The average Bonchev–Trinajstić information content (AvgIpc) is 2.60. The maximum Gasteiger partial charge on any atom is 0.285 e. The molecule has 0 saturated carbocycles. The molecule has 0 aliphatic carbocycles. The number of amides is 2. The Balaban J connectivity index is 2.03. The Kier molecular flexibility index (Phi) is 3.91. The van der Waals surface area contributed by atoms with Gasteiger partial charge in [-0.3, -0.25) is 14.4 Å². The Bertz CT molecular complexity index is 412. The number of alkyl halides is 1. The molecule has 0 radical (unpaired) electrons. The minimum atomic E-state index is -0.371. The second-order valence-corrected chi connectivity index (χ2v) is 4.47. The zero-order valence-corrected chi connectivity index (χ0v) is 10.8. The zero-order chi connectivity index (χ0) is 12.3. The van der Waals surface area contributed by atoms with Crippen LogP contribution in [0, 0.1) is 0 Å². The van der Waals surface area contributed by atoms with E-state index in [4.69, 9.17) is 4.84 Å². The molecule has 0 aromatic heterocycles. The number of fused-ring (bicyclic) bond motifs is 1. The molecule has 5 heteroatoms. The molecule has 0 saturated heterocycles. The number of halogens is 1. The van der Waals surface area contributed by atoms with E-state index in [1.807, 2.05) is 0 Å². The highest BCUT2D eigenvalue weighted by Gasteiger charge is 2.36. The molecule has 4 nitrogen and oxygen atoms in total. The van der Waals surface area contributed by atoms with Crippen molar-refractivity contribution in [2.45, 2.75) is 12.8 Å². The topological polar surface area (TPSA) is 46.6 Å². The van der Waals surface area contributed by atoms with Crippen molar-refractivity contribution in [3.8, 4) is 0 Å². The zero-order valence-electron chi connectivity index (χ0n) is 9.19. The summed E-state index contributed by atoms with van der Waals surface area (Å²) in [6.45, 7) is 0.372. The Hall–Kier alpha value is -1.20. The van der Waals surface area contributed by atoms with Gasteiger partial charge < -0.3 is 0 Å². The lowest BCUT2D eigenvalue weighted by atomic mass is 10.1. The largest absolute Gasteiger partial charge is 0.285 e. The van der Waals surface area contributed by atoms with Crippen LogP contribution >= 0.6 is 15.9 Å². The normalized spacial score (nSPS) is 14.3. The molecular weight excluding hydrogens is 286 g/mol. The fraction of sp³-hybridized carbons (Fsp3) is 0.333. The molecule has 1 aliphatic heterocycles. The second-order valence-electron chi connectivity index (χ2n) is 3.68. The summed E-state index contributed by atoms with van der Waals surface area (Å²) >= 11 is 3.31. The number of hydroxylamine groups is 2. The van der Waals surface area contributed by atoms with Gasteiger partial charge in [0.1, 0.15) is 0 Å². The first-order valence-electron chi connectivity index (χ1n) is 5.42. The number of unbranched alkanes of at least 4 members (excludes halogenated alkanes) is 1. The summed E-state index contributed by atoms with van der Waals surface area (Å²) in [4.78, 5) is 28.9. The quantitative estimate of drug-likeness (QED) is 0.476. The van der Waals surface area contributed by atoms with Crippen molar-refractivity contribution in [2.75, 3.05) is 11.9 Å². The van der Waals surface area contributed by atoms with Gasteiger partial charge >= 0.3 is 0 Å². The van der Waals surface area contributed by atoms with Crippen molar-refractivity contribution < 1.29 is 14.4 Å². The third-order valence-corrected chi connectivity index (χ3v) is 3.07. The summed E-state index contributed by atoms with van der Waals surface area (Å²) in [6.07, 6.45) is 1.75. The molecule has 0 fully saturated rings. The van der Waals surface area contributed by atoms with E-state index < -0.39 is 0 Å². The first-order valence-corrected chi connectivity index (χ1v) is 6.54.